The Kier molecular flexibility index (Phi) is 3.35. The fraction of sp³-hybridized carbons (Fsp3) is 0.917. The van der Waals surface area contributed by atoms with Crippen LogP contribution in [0.2, 0.25) is 0 Å². The average Bonchev–Trinajstić information content (AvgIpc) is 2.30. The van der Waals surface area contributed by atoms with Crippen molar-refractivity contribution in [2.45, 2.75) is 40.5 Å². The molecule has 0 radical (unpaired) electrons. The Labute approximate surface area is 92.0 Å². The molecule has 1 aliphatic rings. The van der Waals surface area contributed by atoms with Crippen molar-refractivity contribution in [2.24, 2.45) is 16.7 Å². The maximum absolute atomic E-state index is 11.9. The van der Waals surface area contributed by atoms with Gasteiger partial charge in [-0.3, -0.25) is 4.79 Å². The molecule has 0 bridgehead atoms. The molecule has 0 amide bonds. The van der Waals surface area contributed by atoms with Crippen LogP contribution in [-0.4, -0.2) is 17.8 Å². The van der Waals surface area contributed by atoms with Crippen molar-refractivity contribution in [1.29, 1.82) is 0 Å². The molecule has 0 aromatic heterocycles. The number of thioether (sulfide) groups is 1. The van der Waals surface area contributed by atoms with Gasteiger partial charge in [0.25, 0.3) is 0 Å². The zero-order valence-electron chi connectivity index (χ0n) is 10.0. The molecular weight excluding hydrogens is 192 g/mol. The van der Waals surface area contributed by atoms with E-state index in [1.807, 2.05) is 11.8 Å². The van der Waals surface area contributed by atoms with Crippen molar-refractivity contribution in [3.8, 4) is 0 Å². The van der Waals surface area contributed by atoms with Crippen LogP contribution >= 0.6 is 11.8 Å². The summed E-state index contributed by atoms with van der Waals surface area (Å²) in [5.74, 6) is 2.04. The Morgan fingerprint density at radius 1 is 1.50 bits per heavy atom. The Hall–Kier alpha value is 0.0200. The third-order valence-electron chi connectivity index (χ3n) is 4.53. The van der Waals surface area contributed by atoms with Gasteiger partial charge in [0, 0.05) is 11.2 Å². The molecule has 14 heavy (non-hydrogen) atoms. The number of ketones is 1. The topological polar surface area (TPSA) is 17.1 Å². The quantitative estimate of drug-likeness (QED) is 0.716. The van der Waals surface area contributed by atoms with Crippen LogP contribution in [-0.2, 0) is 4.79 Å². The summed E-state index contributed by atoms with van der Waals surface area (Å²) >= 11 is 1.81. The van der Waals surface area contributed by atoms with Crippen LogP contribution in [0.5, 0.6) is 0 Å². The van der Waals surface area contributed by atoms with E-state index in [0.29, 0.717) is 11.7 Å². The van der Waals surface area contributed by atoms with Crippen molar-refractivity contribution in [3.63, 3.8) is 0 Å². The van der Waals surface area contributed by atoms with Crippen LogP contribution in [0.25, 0.3) is 0 Å². The van der Waals surface area contributed by atoms with Crippen LogP contribution in [0.3, 0.4) is 0 Å². The fourth-order valence-corrected chi connectivity index (χ4v) is 4.07. The number of hydrogen-bond donors (Lipinski definition) is 0. The SMILES string of the molecule is CSCC1(C(C)=O)CCC(C)C1(C)C. The predicted molar refractivity (Wildman–Crippen MR) is 63.7 cm³/mol. The van der Waals surface area contributed by atoms with Gasteiger partial charge in [-0.15, -0.1) is 0 Å². The van der Waals surface area contributed by atoms with Gasteiger partial charge in [0.2, 0.25) is 0 Å². The number of rotatable bonds is 3. The Morgan fingerprint density at radius 3 is 2.36 bits per heavy atom. The minimum Gasteiger partial charge on any atom is -0.299 e. The number of Topliss-reactive ketones (excluding diaryl/α,β-unsaturated/α-hetero) is 1. The lowest BCUT2D eigenvalue weighted by Crippen LogP contribution is -2.43. The van der Waals surface area contributed by atoms with Gasteiger partial charge in [0.1, 0.15) is 5.78 Å². The highest BCUT2D eigenvalue weighted by Gasteiger charge is 2.55. The molecule has 1 saturated carbocycles. The summed E-state index contributed by atoms with van der Waals surface area (Å²) in [6.45, 7) is 8.59. The van der Waals surface area contributed by atoms with Gasteiger partial charge in [0.05, 0.1) is 0 Å². The summed E-state index contributed by atoms with van der Waals surface area (Å²) < 4.78 is 0. The summed E-state index contributed by atoms with van der Waals surface area (Å²) in [5.41, 5.74) is 0.105. The molecule has 2 heteroatoms. The van der Waals surface area contributed by atoms with Crippen LogP contribution < -0.4 is 0 Å². The lowest BCUT2D eigenvalue weighted by atomic mass is 9.64. The second kappa shape index (κ2) is 3.88. The molecule has 0 aromatic rings. The molecule has 1 nitrogen and oxygen atoms in total. The molecule has 0 heterocycles. The zero-order valence-corrected chi connectivity index (χ0v) is 10.8. The van der Waals surface area contributed by atoms with Crippen molar-refractivity contribution in [3.05, 3.63) is 0 Å². The van der Waals surface area contributed by atoms with Gasteiger partial charge in [-0.25, -0.2) is 0 Å². The molecule has 82 valence electrons. The van der Waals surface area contributed by atoms with Gasteiger partial charge in [-0.05, 0) is 37.4 Å². The Bertz CT molecular complexity index is 230. The van der Waals surface area contributed by atoms with Gasteiger partial charge in [-0.1, -0.05) is 20.8 Å². The summed E-state index contributed by atoms with van der Waals surface area (Å²) in [7, 11) is 0. The maximum Gasteiger partial charge on any atom is 0.137 e. The standard InChI is InChI=1S/C12H22OS/c1-9-6-7-12(8-14-5,10(2)13)11(9,3)4/h9H,6-8H2,1-5H3. The first-order valence-corrected chi connectivity index (χ1v) is 6.78. The van der Waals surface area contributed by atoms with Gasteiger partial charge in [-0.2, -0.15) is 11.8 Å². The van der Waals surface area contributed by atoms with E-state index >= 15 is 0 Å². The molecular formula is C12H22OS. The van der Waals surface area contributed by atoms with E-state index < -0.39 is 0 Å². The molecule has 1 rings (SSSR count). The number of carbonyl (C=O) groups is 1. The molecule has 0 aliphatic heterocycles. The molecule has 1 fully saturated rings. The molecule has 1 aliphatic carbocycles. The Balaban J connectivity index is 3.05. The molecule has 0 N–H and O–H groups in total. The highest BCUT2D eigenvalue weighted by molar-refractivity contribution is 7.98. The van der Waals surface area contributed by atoms with E-state index in [4.69, 9.17) is 0 Å². The van der Waals surface area contributed by atoms with E-state index in [1.54, 1.807) is 6.92 Å². The highest BCUT2D eigenvalue weighted by Crippen LogP contribution is 2.57. The molecule has 0 spiro atoms. The summed E-state index contributed by atoms with van der Waals surface area (Å²) in [4.78, 5) is 11.9. The summed E-state index contributed by atoms with van der Waals surface area (Å²) in [5, 5.41) is 0. The minimum atomic E-state index is -0.0637. The fourth-order valence-electron chi connectivity index (χ4n) is 2.85. The molecule has 0 aromatic carbocycles. The van der Waals surface area contributed by atoms with E-state index in [0.717, 1.165) is 12.2 Å². The average molecular weight is 214 g/mol. The first-order chi connectivity index (χ1) is 6.38. The lowest BCUT2D eigenvalue weighted by molar-refractivity contribution is -0.130. The van der Waals surface area contributed by atoms with E-state index in [-0.39, 0.29) is 10.8 Å². The van der Waals surface area contributed by atoms with Gasteiger partial charge in [0.15, 0.2) is 0 Å². The smallest absolute Gasteiger partial charge is 0.137 e. The Morgan fingerprint density at radius 2 is 2.07 bits per heavy atom. The second-order valence-corrected chi connectivity index (χ2v) is 6.10. The molecule has 0 saturated heterocycles. The van der Waals surface area contributed by atoms with E-state index in [2.05, 4.69) is 27.0 Å². The third-order valence-corrected chi connectivity index (χ3v) is 5.32. The highest BCUT2D eigenvalue weighted by atomic mass is 32.2. The van der Waals surface area contributed by atoms with Gasteiger partial charge < -0.3 is 0 Å². The molecule has 2 atom stereocenters. The largest absolute Gasteiger partial charge is 0.299 e. The number of hydrogen-bond acceptors (Lipinski definition) is 2. The van der Waals surface area contributed by atoms with Crippen molar-refractivity contribution in [1.82, 2.24) is 0 Å². The monoisotopic (exact) mass is 214 g/mol. The third kappa shape index (κ3) is 1.52. The van der Waals surface area contributed by atoms with Crippen molar-refractivity contribution in [2.75, 3.05) is 12.0 Å². The zero-order chi connectivity index (χ0) is 11.0. The molecule has 2 unspecified atom stereocenters. The van der Waals surface area contributed by atoms with Crippen molar-refractivity contribution < 1.29 is 4.79 Å². The minimum absolute atomic E-state index is 0.0637. The maximum atomic E-state index is 11.9. The van der Waals surface area contributed by atoms with E-state index in [9.17, 15) is 4.79 Å². The van der Waals surface area contributed by atoms with Crippen LogP contribution in [0.1, 0.15) is 40.5 Å². The van der Waals surface area contributed by atoms with Gasteiger partial charge >= 0.3 is 0 Å². The summed E-state index contributed by atoms with van der Waals surface area (Å²) in [6.07, 6.45) is 4.38. The van der Waals surface area contributed by atoms with Crippen LogP contribution in [0.4, 0.5) is 0 Å². The number of carbonyl (C=O) groups excluding carboxylic acids is 1. The van der Waals surface area contributed by atoms with Crippen molar-refractivity contribution >= 4 is 17.5 Å². The normalized spacial score (nSPS) is 35.9. The lowest BCUT2D eigenvalue weighted by Gasteiger charge is -2.41. The van der Waals surface area contributed by atoms with E-state index in [1.165, 1.54) is 6.42 Å². The first-order valence-electron chi connectivity index (χ1n) is 5.38. The second-order valence-electron chi connectivity index (χ2n) is 5.23. The predicted octanol–water partition coefficient (Wildman–Crippen LogP) is 3.38. The van der Waals surface area contributed by atoms with Crippen LogP contribution in [0.15, 0.2) is 0 Å². The summed E-state index contributed by atoms with van der Waals surface area (Å²) in [6, 6.07) is 0. The van der Waals surface area contributed by atoms with Crippen LogP contribution in [0, 0.1) is 16.7 Å². The first kappa shape index (κ1) is 12.1.